The molecular formula is C22H29N3O4. The van der Waals surface area contributed by atoms with Gasteiger partial charge in [-0.05, 0) is 37.0 Å². The van der Waals surface area contributed by atoms with E-state index in [-0.39, 0.29) is 11.8 Å². The van der Waals surface area contributed by atoms with Gasteiger partial charge in [-0.1, -0.05) is 12.1 Å². The Morgan fingerprint density at radius 1 is 0.897 bits per heavy atom. The van der Waals surface area contributed by atoms with Crippen LogP contribution in [0.4, 0.5) is 0 Å². The van der Waals surface area contributed by atoms with E-state index in [0.717, 1.165) is 50.3 Å². The minimum Gasteiger partial charge on any atom is -0.497 e. The van der Waals surface area contributed by atoms with Gasteiger partial charge in [-0.3, -0.25) is 19.4 Å². The van der Waals surface area contributed by atoms with Crippen LogP contribution in [0, 0.1) is 0 Å². The van der Waals surface area contributed by atoms with Crippen LogP contribution in [0.2, 0.25) is 0 Å². The summed E-state index contributed by atoms with van der Waals surface area (Å²) in [5.74, 6) is 0.389. The van der Waals surface area contributed by atoms with Gasteiger partial charge in [0.15, 0.2) is 0 Å². The number of rotatable bonds is 6. The molecule has 0 bridgehead atoms. The molecule has 0 unspecified atom stereocenters. The molecule has 3 aliphatic rings. The number of carbonyl (C=O) groups excluding carboxylic acids is 2. The molecule has 0 saturated carbocycles. The van der Waals surface area contributed by atoms with Crippen molar-refractivity contribution in [3.8, 4) is 5.75 Å². The number of imide groups is 1. The topological polar surface area (TPSA) is 62.3 Å². The normalized spacial score (nSPS) is 21.3. The van der Waals surface area contributed by atoms with Gasteiger partial charge in [0, 0.05) is 39.3 Å². The van der Waals surface area contributed by atoms with Gasteiger partial charge < -0.3 is 14.4 Å². The molecule has 29 heavy (non-hydrogen) atoms. The van der Waals surface area contributed by atoms with Gasteiger partial charge in [0.2, 0.25) is 0 Å². The maximum absolute atomic E-state index is 13.3. The lowest BCUT2D eigenvalue weighted by Gasteiger charge is -2.30. The molecule has 0 aliphatic carbocycles. The van der Waals surface area contributed by atoms with Crippen LogP contribution >= 0.6 is 0 Å². The standard InChI is InChI=1S/C22H29N3O4/c1-28-18-7-5-17(6-8-18)19-20(24-9-3-2-4-10-24)22(27)25(21(19)26)12-11-23-13-15-29-16-14-23/h5-8H,2-4,9-16H2,1H3. The van der Waals surface area contributed by atoms with Crippen LogP contribution in [0.1, 0.15) is 24.8 Å². The Morgan fingerprint density at radius 3 is 2.24 bits per heavy atom. The minimum absolute atomic E-state index is 0.157. The number of morpholine rings is 1. The Morgan fingerprint density at radius 2 is 1.59 bits per heavy atom. The Labute approximate surface area is 171 Å². The summed E-state index contributed by atoms with van der Waals surface area (Å²) in [4.78, 5) is 32.5. The molecule has 0 aromatic heterocycles. The number of hydrogen-bond acceptors (Lipinski definition) is 6. The number of piperidine rings is 1. The second kappa shape index (κ2) is 8.97. The molecule has 4 rings (SSSR count). The first-order chi connectivity index (χ1) is 14.2. The van der Waals surface area contributed by atoms with Crippen molar-refractivity contribution < 1.29 is 19.1 Å². The molecule has 0 spiro atoms. The molecule has 3 heterocycles. The predicted molar refractivity (Wildman–Crippen MR) is 109 cm³/mol. The van der Waals surface area contributed by atoms with E-state index in [2.05, 4.69) is 9.80 Å². The summed E-state index contributed by atoms with van der Waals surface area (Å²) >= 11 is 0. The number of hydrogen-bond donors (Lipinski definition) is 0. The monoisotopic (exact) mass is 399 g/mol. The van der Waals surface area contributed by atoms with Gasteiger partial charge >= 0.3 is 0 Å². The smallest absolute Gasteiger partial charge is 0.277 e. The predicted octanol–water partition coefficient (Wildman–Crippen LogP) is 1.59. The lowest BCUT2D eigenvalue weighted by Crippen LogP contribution is -2.44. The van der Waals surface area contributed by atoms with Gasteiger partial charge in [-0.15, -0.1) is 0 Å². The largest absolute Gasteiger partial charge is 0.497 e. The zero-order valence-electron chi connectivity index (χ0n) is 17.1. The van der Waals surface area contributed by atoms with Gasteiger partial charge in [0.25, 0.3) is 11.8 Å². The van der Waals surface area contributed by atoms with Crippen LogP contribution in [0.5, 0.6) is 5.75 Å². The first-order valence-corrected chi connectivity index (χ1v) is 10.5. The Kier molecular flexibility index (Phi) is 6.16. The molecule has 0 N–H and O–H groups in total. The fourth-order valence-electron chi connectivity index (χ4n) is 4.26. The number of ether oxygens (including phenoxy) is 2. The van der Waals surface area contributed by atoms with E-state index in [0.29, 0.717) is 37.6 Å². The van der Waals surface area contributed by atoms with Crippen molar-refractivity contribution in [2.75, 3.05) is 59.6 Å². The zero-order chi connectivity index (χ0) is 20.2. The molecule has 1 aromatic rings. The third-order valence-corrected chi connectivity index (χ3v) is 5.94. The third kappa shape index (κ3) is 4.16. The highest BCUT2D eigenvalue weighted by molar-refractivity contribution is 6.35. The SMILES string of the molecule is COc1ccc(C2=C(N3CCCCC3)C(=O)N(CCN3CCOCC3)C2=O)cc1. The molecule has 2 amide bonds. The number of methoxy groups -OCH3 is 1. The van der Waals surface area contributed by atoms with E-state index in [9.17, 15) is 9.59 Å². The maximum atomic E-state index is 13.3. The quantitative estimate of drug-likeness (QED) is 0.677. The molecule has 3 aliphatic heterocycles. The van der Waals surface area contributed by atoms with E-state index in [1.54, 1.807) is 7.11 Å². The first kappa shape index (κ1) is 19.9. The first-order valence-electron chi connectivity index (χ1n) is 10.5. The molecule has 7 heteroatoms. The lowest BCUT2D eigenvalue weighted by molar-refractivity contribution is -0.138. The maximum Gasteiger partial charge on any atom is 0.277 e. The molecule has 2 fully saturated rings. The van der Waals surface area contributed by atoms with E-state index in [1.165, 1.54) is 11.3 Å². The van der Waals surface area contributed by atoms with Crippen LogP contribution in [0.15, 0.2) is 30.0 Å². The highest BCUT2D eigenvalue weighted by Crippen LogP contribution is 2.33. The van der Waals surface area contributed by atoms with Crippen LogP contribution in [-0.4, -0.2) is 86.1 Å². The average molecular weight is 399 g/mol. The second-order valence-electron chi connectivity index (χ2n) is 7.72. The highest BCUT2D eigenvalue weighted by Gasteiger charge is 2.41. The van der Waals surface area contributed by atoms with Crippen molar-refractivity contribution in [3.05, 3.63) is 35.5 Å². The molecule has 2 saturated heterocycles. The molecular weight excluding hydrogens is 370 g/mol. The van der Waals surface area contributed by atoms with Gasteiger partial charge in [0.1, 0.15) is 11.4 Å². The van der Waals surface area contributed by atoms with Crippen molar-refractivity contribution in [2.45, 2.75) is 19.3 Å². The second-order valence-corrected chi connectivity index (χ2v) is 7.72. The Bertz CT molecular complexity index is 778. The third-order valence-electron chi connectivity index (χ3n) is 5.94. The zero-order valence-corrected chi connectivity index (χ0v) is 17.1. The van der Waals surface area contributed by atoms with E-state index >= 15 is 0 Å². The summed E-state index contributed by atoms with van der Waals surface area (Å²) in [7, 11) is 1.62. The summed E-state index contributed by atoms with van der Waals surface area (Å²) in [5.41, 5.74) is 1.88. The number of likely N-dealkylation sites (tertiary alicyclic amines) is 1. The summed E-state index contributed by atoms with van der Waals surface area (Å²) in [6, 6.07) is 7.41. The number of nitrogens with zero attached hydrogens (tertiary/aromatic N) is 3. The lowest BCUT2D eigenvalue weighted by atomic mass is 10.0. The summed E-state index contributed by atoms with van der Waals surface area (Å²) in [5, 5.41) is 0. The van der Waals surface area contributed by atoms with E-state index in [4.69, 9.17) is 9.47 Å². The van der Waals surface area contributed by atoms with Crippen molar-refractivity contribution in [1.29, 1.82) is 0 Å². The van der Waals surface area contributed by atoms with Crippen LogP contribution in [-0.2, 0) is 14.3 Å². The summed E-state index contributed by atoms with van der Waals surface area (Å²) < 4.78 is 10.6. The van der Waals surface area contributed by atoms with E-state index < -0.39 is 0 Å². The van der Waals surface area contributed by atoms with Crippen LogP contribution in [0.3, 0.4) is 0 Å². The van der Waals surface area contributed by atoms with Crippen molar-refractivity contribution in [3.63, 3.8) is 0 Å². The Balaban J connectivity index is 1.60. The van der Waals surface area contributed by atoms with Crippen molar-refractivity contribution >= 4 is 17.4 Å². The van der Waals surface area contributed by atoms with Crippen molar-refractivity contribution in [1.82, 2.24) is 14.7 Å². The molecule has 7 nitrogen and oxygen atoms in total. The number of carbonyl (C=O) groups is 2. The average Bonchev–Trinajstić information content (AvgIpc) is 3.03. The summed E-state index contributed by atoms with van der Waals surface area (Å²) in [6.07, 6.45) is 3.27. The molecule has 1 aromatic carbocycles. The number of amides is 2. The molecule has 156 valence electrons. The van der Waals surface area contributed by atoms with Crippen molar-refractivity contribution in [2.24, 2.45) is 0 Å². The van der Waals surface area contributed by atoms with Gasteiger partial charge in [-0.2, -0.15) is 0 Å². The fourth-order valence-corrected chi connectivity index (χ4v) is 4.26. The van der Waals surface area contributed by atoms with Gasteiger partial charge in [-0.25, -0.2) is 0 Å². The highest BCUT2D eigenvalue weighted by atomic mass is 16.5. The number of benzene rings is 1. The summed E-state index contributed by atoms with van der Waals surface area (Å²) in [6.45, 7) is 5.84. The minimum atomic E-state index is -0.186. The fraction of sp³-hybridized carbons (Fsp3) is 0.545. The van der Waals surface area contributed by atoms with Crippen LogP contribution in [0.25, 0.3) is 5.57 Å². The van der Waals surface area contributed by atoms with Gasteiger partial charge in [0.05, 0.1) is 25.9 Å². The molecule has 0 radical (unpaired) electrons. The van der Waals surface area contributed by atoms with E-state index in [1.807, 2.05) is 24.3 Å². The Hall–Kier alpha value is -2.38. The molecule has 0 atom stereocenters. The van der Waals surface area contributed by atoms with Crippen LogP contribution < -0.4 is 4.74 Å².